The van der Waals surface area contributed by atoms with Crippen LogP contribution < -0.4 is 5.32 Å². The van der Waals surface area contributed by atoms with E-state index in [9.17, 15) is 15.0 Å². The Bertz CT molecular complexity index is 961. The van der Waals surface area contributed by atoms with Crippen LogP contribution in [0.4, 0.5) is 0 Å². The van der Waals surface area contributed by atoms with Crippen molar-refractivity contribution in [3.05, 3.63) is 71.5 Å². The summed E-state index contributed by atoms with van der Waals surface area (Å²) in [5, 5.41) is 26.8. The third-order valence-corrected chi connectivity index (χ3v) is 4.62. The van der Waals surface area contributed by atoms with Gasteiger partial charge >= 0.3 is 0 Å². The molecule has 0 spiro atoms. The second-order valence-corrected chi connectivity index (χ2v) is 7.10. The molecule has 2 aromatic carbocycles. The molecule has 0 fully saturated rings. The van der Waals surface area contributed by atoms with Crippen molar-refractivity contribution in [2.75, 3.05) is 6.54 Å². The number of phenolic OH excluding ortho intramolecular Hbond substituents is 1. The lowest BCUT2D eigenvalue weighted by atomic mass is 10.0. The maximum absolute atomic E-state index is 12.5. The van der Waals surface area contributed by atoms with E-state index >= 15 is 0 Å². The number of aromatic hydroxyl groups is 1. The number of nitrogens with zero attached hydrogens (tertiary/aromatic N) is 2. The number of amides is 1. The van der Waals surface area contributed by atoms with Gasteiger partial charge in [0.1, 0.15) is 5.75 Å². The molecule has 3 N–H and O–H groups in total. The lowest BCUT2D eigenvalue weighted by Crippen LogP contribution is -2.28. The highest BCUT2D eigenvalue weighted by molar-refractivity contribution is 5.95. The number of hydrogen-bond donors (Lipinski definition) is 3. The van der Waals surface area contributed by atoms with Gasteiger partial charge in [0.05, 0.1) is 11.8 Å². The Labute approximate surface area is 164 Å². The van der Waals surface area contributed by atoms with E-state index in [0.29, 0.717) is 11.1 Å². The van der Waals surface area contributed by atoms with E-state index in [1.54, 1.807) is 18.2 Å². The summed E-state index contributed by atoms with van der Waals surface area (Å²) in [4.78, 5) is 12.5. The van der Waals surface area contributed by atoms with Crippen LogP contribution in [0.15, 0.2) is 54.7 Å². The van der Waals surface area contributed by atoms with E-state index in [1.807, 2.05) is 36.0 Å². The first-order valence-electron chi connectivity index (χ1n) is 9.26. The number of aryl methyl sites for hydroxylation is 1. The van der Waals surface area contributed by atoms with E-state index in [1.165, 1.54) is 12.1 Å². The fraction of sp³-hybridized carbons (Fsp3) is 0.273. The van der Waals surface area contributed by atoms with E-state index < -0.39 is 6.10 Å². The lowest BCUT2D eigenvalue weighted by Gasteiger charge is -2.13. The van der Waals surface area contributed by atoms with Gasteiger partial charge in [-0.25, -0.2) is 0 Å². The number of aromatic nitrogens is 2. The first-order chi connectivity index (χ1) is 13.3. The van der Waals surface area contributed by atoms with Crippen molar-refractivity contribution in [1.82, 2.24) is 15.1 Å². The summed E-state index contributed by atoms with van der Waals surface area (Å²) in [6, 6.07) is 13.9. The molecule has 0 aliphatic carbocycles. The standard InChI is InChI=1S/C22H25N3O3/c1-14(2)25-13-20(15(3)24-25)17-5-4-6-18(11-17)22(28)23-12-21(27)16-7-9-19(26)10-8-16/h4-11,13-14,21,26-27H,12H2,1-3H3,(H,23,28)/t21-/m0/s1. The molecule has 0 aliphatic heterocycles. The van der Waals surface area contributed by atoms with Gasteiger partial charge < -0.3 is 15.5 Å². The summed E-state index contributed by atoms with van der Waals surface area (Å²) in [5.74, 6) is -0.124. The van der Waals surface area contributed by atoms with Crippen LogP contribution in [-0.4, -0.2) is 32.4 Å². The van der Waals surface area contributed by atoms with Crippen molar-refractivity contribution < 1.29 is 15.0 Å². The molecular weight excluding hydrogens is 354 g/mol. The highest BCUT2D eigenvalue weighted by Crippen LogP contribution is 2.25. The zero-order valence-corrected chi connectivity index (χ0v) is 16.3. The predicted octanol–water partition coefficient (Wildman–Crippen LogP) is 3.61. The van der Waals surface area contributed by atoms with Crippen LogP contribution in [0.1, 0.15) is 47.6 Å². The van der Waals surface area contributed by atoms with Gasteiger partial charge in [-0.05, 0) is 56.2 Å². The van der Waals surface area contributed by atoms with Crippen molar-refractivity contribution in [2.45, 2.75) is 32.9 Å². The maximum Gasteiger partial charge on any atom is 0.251 e. The first kappa shape index (κ1) is 19.6. The minimum Gasteiger partial charge on any atom is -0.508 e. The van der Waals surface area contributed by atoms with Gasteiger partial charge in [-0.1, -0.05) is 24.3 Å². The van der Waals surface area contributed by atoms with E-state index in [0.717, 1.165) is 16.8 Å². The van der Waals surface area contributed by atoms with Gasteiger partial charge in [0, 0.05) is 29.9 Å². The predicted molar refractivity (Wildman–Crippen MR) is 108 cm³/mol. The van der Waals surface area contributed by atoms with Crippen LogP contribution in [0.5, 0.6) is 5.75 Å². The Balaban J connectivity index is 1.71. The topological polar surface area (TPSA) is 87.4 Å². The van der Waals surface area contributed by atoms with Gasteiger partial charge in [-0.2, -0.15) is 5.10 Å². The largest absolute Gasteiger partial charge is 0.508 e. The van der Waals surface area contributed by atoms with Crippen LogP contribution in [0.3, 0.4) is 0 Å². The molecule has 1 heterocycles. The Morgan fingerprint density at radius 1 is 1.18 bits per heavy atom. The molecule has 3 rings (SSSR count). The van der Waals surface area contributed by atoms with E-state index in [-0.39, 0.29) is 24.2 Å². The average molecular weight is 379 g/mol. The Morgan fingerprint density at radius 2 is 1.89 bits per heavy atom. The van der Waals surface area contributed by atoms with Crippen LogP contribution in [-0.2, 0) is 0 Å². The van der Waals surface area contributed by atoms with Crippen LogP contribution >= 0.6 is 0 Å². The minimum absolute atomic E-state index is 0.0815. The van der Waals surface area contributed by atoms with Gasteiger partial charge in [0.25, 0.3) is 5.91 Å². The second kappa shape index (κ2) is 8.27. The van der Waals surface area contributed by atoms with Crippen molar-refractivity contribution in [2.24, 2.45) is 0 Å². The molecule has 1 aromatic heterocycles. The molecule has 0 saturated carbocycles. The Morgan fingerprint density at radius 3 is 2.54 bits per heavy atom. The van der Waals surface area contributed by atoms with Crippen molar-refractivity contribution in [3.63, 3.8) is 0 Å². The smallest absolute Gasteiger partial charge is 0.251 e. The van der Waals surface area contributed by atoms with Crippen molar-refractivity contribution in [1.29, 1.82) is 0 Å². The molecule has 0 aliphatic rings. The molecule has 3 aromatic rings. The normalized spacial score (nSPS) is 12.2. The van der Waals surface area contributed by atoms with Gasteiger partial charge in [-0.3, -0.25) is 9.48 Å². The van der Waals surface area contributed by atoms with E-state index in [4.69, 9.17) is 0 Å². The van der Waals surface area contributed by atoms with Crippen molar-refractivity contribution >= 4 is 5.91 Å². The third kappa shape index (κ3) is 4.40. The summed E-state index contributed by atoms with van der Waals surface area (Å²) in [7, 11) is 0. The molecule has 1 amide bonds. The molecule has 0 saturated heterocycles. The Kier molecular flexibility index (Phi) is 5.80. The minimum atomic E-state index is -0.848. The number of rotatable bonds is 6. The number of aliphatic hydroxyl groups is 1. The molecule has 0 radical (unpaired) electrons. The molecule has 0 unspecified atom stereocenters. The molecule has 6 heteroatoms. The monoisotopic (exact) mass is 379 g/mol. The SMILES string of the molecule is Cc1nn(C(C)C)cc1-c1cccc(C(=O)NC[C@H](O)c2ccc(O)cc2)c1. The summed E-state index contributed by atoms with van der Waals surface area (Å²) in [6.07, 6.45) is 1.14. The molecule has 146 valence electrons. The summed E-state index contributed by atoms with van der Waals surface area (Å²) in [6.45, 7) is 6.17. The number of phenols is 1. The van der Waals surface area contributed by atoms with Crippen LogP contribution in [0.2, 0.25) is 0 Å². The number of aliphatic hydroxyl groups excluding tert-OH is 1. The first-order valence-corrected chi connectivity index (χ1v) is 9.26. The van der Waals surface area contributed by atoms with Crippen LogP contribution in [0.25, 0.3) is 11.1 Å². The number of benzene rings is 2. The summed E-state index contributed by atoms with van der Waals surface area (Å²) < 4.78 is 1.91. The highest BCUT2D eigenvalue weighted by atomic mass is 16.3. The highest BCUT2D eigenvalue weighted by Gasteiger charge is 2.14. The van der Waals surface area contributed by atoms with Gasteiger partial charge in [-0.15, -0.1) is 0 Å². The fourth-order valence-electron chi connectivity index (χ4n) is 2.96. The van der Waals surface area contributed by atoms with E-state index in [2.05, 4.69) is 24.3 Å². The third-order valence-electron chi connectivity index (χ3n) is 4.62. The number of nitrogens with one attached hydrogen (secondary N) is 1. The molecule has 28 heavy (non-hydrogen) atoms. The molecule has 6 nitrogen and oxygen atoms in total. The molecule has 1 atom stereocenters. The average Bonchev–Trinajstić information content (AvgIpc) is 3.08. The zero-order valence-electron chi connectivity index (χ0n) is 16.3. The Hall–Kier alpha value is -3.12. The molecule has 0 bridgehead atoms. The number of carbonyl (C=O) groups excluding carboxylic acids is 1. The maximum atomic E-state index is 12.5. The number of hydrogen-bond acceptors (Lipinski definition) is 4. The fourth-order valence-corrected chi connectivity index (χ4v) is 2.96. The van der Waals surface area contributed by atoms with Gasteiger partial charge in [0.2, 0.25) is 0 Å². The summed E-state index contributed by atoms with van der Waals surface area (Å²) in [5.41, 5.74) is 3.98. The van der Waals surface area contributed by atoms with Crippen LogP contribution in [0, 0.1) is 6.92 Å². The summed E-state index contributed by atoms with van der Waals surface area (Å²) >= 11 is 0. The lowest BCUT2D eigenvalue weighted by molar-refractivity contribution is 0.0916. The zero-order chi connectivity index (χ0) is 20.3. The molecular formula is C22H25N3O3. The number of carbonyl (C=O) groups is 1. The van der Waals surface area contributed by atoms with Crippen molar-refractivity contribution in [3.8, 4) is 16.9 Å². The quantitative estimate of drug-likeness (QED) is 0.611. The van der Waals surface area contributed by atoms with Gasteiger partial charge in [0.15, 0.2) is 0 Å². The second-order valence-electron chi connectivity index (χ2n) is 7.10.